The van der Waals surface area contributed by atoms with Crippen LogP contribution in [0, 0.1) is 11.2 Å². The van der Waals surface area contributed by atoms with Crippen molar-refractivity contribution in [2.75, 3.05) is 19.5 Å². The Hall–Kier alpha value is -0.590. The smallest absolute Gasteiger partial charge is 0.151 e. The summed E-state index contributed by atoms with van der Waals surface area (Å²) in [7, 11) is 1.64. The van der Waals surface area contributed by atoms with E-state index in [1.807, 2.05) is 0 Å². The molecule has 0 bridgehead atoms. The summed E-state index contributed by atoms with van der Waals surface area (Å²) in [6.07, 6.45) is 0.868. The van der Waals surface area contributed by atoms with Crippen molar-refractivity contribution in [1.29, 1.82) is 5.41 Å². The lowest BCUT2D eigenvalue weighted by atomic mass is 10.2. The van der Waals surface area contributed by atoms with Gasteiger partial charge in [-0.15, -0.1) is 11.8 Å². The second-order valence-electron chi connectivity index (χ2n) is 3.35. The molecule has 94 valence electrons. The Morgan fingerprint density at radius 2 is 2.29 bits per heavy atom. The summed E-state index contributed by atoms with van der Waals surface area (Å²) in [5.74, 6) is 0.281. The van der Waals surface area contributed by atoms with Crippen LogP contribution in [0.15, 0.2) is 21.5 Å². The molecule has 0 spiro atoms. The van der Waals surface area contributed by atoms with Crippen molar-refractivity contribution >= 4 is 33.5 Å². The lowest BCUT2D eigenvalue weighted by Crippen LogP contribution is -2.12. The molecule has 3 nitrogen and oxygen atoms in total. The maximum absolute atomic E-state index is 13.9. The van der Waals surface area contributed by atoms with E-state index in [0.717, 1.165) is 12.2 Å². The second-order valence-corrected chi connectivity index (χ2v) is 5.28. The molecule has 0 atom stereocenters. The highest BCUT2D eigenvalue weighted by molar-refractivity contribution is 9.10. The van der Waals surface area contributed by atoms with Crippen molar-refractivity contribution in [1.82, 2.24) is 0 Å². The summed E-state index contributed by atoms with van der Waals surface area (Å²) in [6.45, 7) is 0.668. The van der Waals surface area contributed by atoms with E-state index in [1.165, 1.54) is 11.8 Å². The van der Waals surface area contributed by atoms with E-state index in [2.05, 4.69) is 15.9 Å². The van der Waals surface area contributed by atoms with Gasteiger partial charge in [0.05, 0.1) is 4.47 Å². The minimum atomic E-state index is -0.361. The summed E-state index contributed by atoms with van der Waals surface area (Å²) in [5, 5.41) is 7.29. The number of methoxy groups -OCH3 is 1. The molecule has 0 saturated heterocycles. The summed E-state index contributed by atoms with van der Waals surface area (Å²) in [6, 6.07) is 3.29. The van der Waals surface area contributed by atoms with E-state index in [1.54, 1.807) is 19.2 Å². The fourth-order valence-corrected chi connectivity index (χ4v) is 2.80. The van der Waals surface area contributed by atoms with Gasteiger partial charge in [-0.05, 0) is 34.5 Å². The first-order valence-corrected chi connectivity index (χ1v) is 6.80. The highest BCUT2D eigenvalue weighted by atomic mass is 79.9. The molecule has 0 aliphatic carbocycles. The molecule has 0 aromatic heterocycles. The van der Waals surface area contributed by atoms with Gasteiger partial charge in [0.1, 0.15) is 5.84 Å². The van der Waals surface area contributed by atoms with E-state index in [9.17, 15) is 4.39 Å². The Labute approximate surface area is 113 Å². The van der Waals surface area contributed by atoms with Gasteiger partial charge in [-0.3, -0.25) is 5.41 Å². The molecule has 6 heteroatoms. The molecule has 0 saturated carbocycles. The first-order valence-electron chi connectivity index (χ1n) is 5.02. The molecule has 1 aromatic rings. The van der Waals surface area contributed by atoms with Gasteiger partial charge in [0.2, 0.25) is 0 Å². The summed E-state index contributed by atoms with van der Waals surface area (Å²) >= 11 is 4.55. The number of hydrogen-bond donors (Lipinski definition) is 2. The van der Waals surface area contributed by atoms with Gasteiger partial charge < -0.3 is 10.5 Å². The standard InChI is InChI=1S/C11H14BrFN2OS/c1-16-5-2-6-17-8-4-3-7(11(14)15)9(12)10(8)13/h3-4H,2,5-6H2,1H3,(H3,14,15). The van der Waals surface area contributed by atoms with Gasteiger partial charge in [-0.25, -0.2) is 4.39 Å². The van der Waals surface area contributed by atoms with Crippen molar-refractivity contribution in [3.63, 3.8) is 0 Å². The van der Waals surface area contributed by atoms with Crippen LogP contribution in [0.1, 0.15) is 12.0 Å². The van der Waals surface area contributed by atoms with Crippen molar-refractivity contribution in [2.24, 2.45) is 5.73 Å². The van der Waals surface area contributed by atoms with Crippen LogP contribution >= 0.6 is 27.7 Å². The molecule has 0 heterocycles. The quantitative estimate of drug-likeness (QED) is 0.366. The van der Waals surface area contributed by atoms with Gasteiger partial charge in [0.25, 0.3) is 0 Å². The van der Waals surface area contributed by atoms with E-state index in [4.69, 9.17) is 15.9 Å². The second kappa shape index (κ2) is 6.98. The molecular weight excluding hydrogens is 307 g/mol. The number of amidine groups is 1. The van der Waals surface area contributed by atoms with Gasteiger partial charge in [0.15, 0.2) is 5.82 Å². The Morgan fingerprint density at radius 1 is 1.59 bits per heavy atom. The van der Waals surface area contributed by atoms with E-state index in [0.29, 0.717) is 17.1 Å². The van der Waals surface area contributed by atoms with Gasteiger partial charge >= 0.3 is 0 Å². The Morgan fingerprint density at radius 3 is 2.88 bits per heavy atom. The van der Waals surface area contributed by atoms with Crippen LogP contribution in [0.4, 0.5) is 4.39 Å². The number of nitrogen functional groups attached to an aromatic ring is 1. The molecule has 1 aromatic carbocycles. The predicted molar refractivity (Wildman–Crippen MR) is 72.3 cm³/mol. The van der Waals surface area contributed by atoms with Crippen LogP contribution in [0.25, 0.3) is 0 Å². The SMILES string of the molecule is COCCCSc1ccc(C(=N)N)c(Br)c1F. The zero-order valence-electron chi connectivity index (χ0n) is 9.43. The zero-order chi connectivity index (χ0) is 12.8. The van der Waals surface area contributed by atoms with Crippen LogP contribution in [0.2, 0.25) is 0 Å². The van der Waals surface area contributed by atoms with Crippen LogP contribution < -0.4 is 5.73 Å². The highest BCUT2D eigenvalue weighted by Gasteiger charge is 2.12. The maximum Gasteiger partial charge on any atom is 0.151 e. The van der Waals surface area contributed by atoms with Crippen molar-refractivity contribution in [3.8, 4) is 0 Å². The molecular formula is C11H14BrFN2OS. The fraction of sp³-hybridized carbons (Fsp3) is 0.364. The minimum absolute atomic E-state index is 0.147. The average molecular weight is 321 g/mol. The molecule has 0 unspecified atom stereocenters. The fourth-order valence-electron chi connectivity index (χ4n) is 1.24. The van der Waals surface area contributed by atoms with Gasteiger partial charge in [0, 0.05) is 29.9 Å². The molecule has 3 N–H and O–H groups in total. The largest absolute Gasteiger partial charge is 0.385 e. The zero-order valence-corrected chi connectivity index (χ0v) is 11.8. The van der Waals surface area contributed by atoms with Gasteiger partial charge in [-0.1, -0.05) is 0 Å². The summed E-state index contributed by atoms with van der Waals surface area (Å²) < 4.78 is 19.1. The maximum atomic E-state index is 13.9. The number of benzene rings is 1. The Balaban J connectivity index is 2.75. The number of hydrogen-bond acceptors (Lipinski definition) is 3. The van der Waals surface area contributed by atoms with E-state index in [-0.39, 0.29) is 16.1 Å². The third kappa shape index (κ3) is 3.97. The topological polar surface area (TPSA) is 59.1 Å². The molecule has 0 aliphatic rings. The molecule has 0 amide bonds. The lowest BCUT2D eigenvalue weighted by molar-refractivity contribution is 0.200. The number of thioether (sulfide) groups is 1. The van der Waals surface area contributed by atoms with Crippen LogP contribution in [-0.4, -0.2) is 25.3 Å². The van der Waals surface area contributed by atoms with Crippen LogP contribution in [0.5, 0.6) is 0 Å². The first-order chi connectivity index (χ1) is 8.07. The number of nitrogens with one attached hydrogen (secondary N) is 1. The average Bonchev–Trinajstić information content (AvgIpc) is 2.29. The summed E-state index contributed by atoms with van der Waals surface area (Å²) in [4.78, 5) is 0.554. The number of ether oxygens (including phenoxy) is 1. The first kappa shape index (κ1) is 14.5. The lowest BCUT2D eigenvalue weighted by Gasteiger charge is -2.08. The third-order valence-electron chi connectivity index (χ3n) is 2.09. The Bertz CT molecular complexity index is 415. The van der Waals surface area contributed by atoms with Crippen LogP contribution in [-0.2, 0) is 4.74 Å². The molecule has 17 heavy (non-hydrogen) atoms. The number of rotatable bonds is 6. The van der Waals surface area contributed by atoms with Gasteiger partial charge in [-0.2, -0.15) is 0 Å². The number of halogens is 2. The minimum Gasteiger partial charge on any atom is -0.385 e. The molecule has 1 rings (SSSR count). The molecule has 0 radical (unpaired) electrons. The highest BCUT2D eigenvalue weighted by Crippen LogP contribution is 2.30. The van der Waals surface area contributed by atoms with E-state index < -0.39 is 0 Å². The van der Waals surface area contributed by atoms with Crippen molar-refractivity contribution in [2.45, 2.75) is 11.3 Å². The monoisotopic (exact) mass is 320 g/mol. The molecule has 0 aliphatic heterocycles. The van der Waals surface area contributed by atoms with Crippen LogP contribution in [0.3, 0.4) is 0 Å². The normalized spacial score (nSPS) is 10.5. The Kier molecular flexibility index (Phi) is 5.94. The third-order valence-corrected chi connectivity index (χ3v) is 3.98. The van der Waals surface area contributed by atoms with E-state index >= 15 is 0 Å². The summed E-state index contributed by atoms with van der Waals surface area (Å²) in [5.41, 5.74) is 5.71. The predicted octanol–water partition coefficient (Wildman–Crippen LogP) is 3.00. The molecule has 0 fully saturated rings. The van der Waals surface area contributed by atoms with Crippen molar-refractivity contribution < 1.29 is 9.13 Å². The van der Waals surface area contributed by atoms with Crippen molar-refractivity contribution in [3.05, 3.63) is 28.0 Å². The number of nitrogens with two attached hydrogens (primary N) is 1.